The number of hydrogen-bond acceptors (Lipinski definition) is 4. The van der Waals surface area contributed by atoms with E-state index in [1.165, 1.54) is 5.56 Å². The summed E-state index contributed by atoms with van der Waals surface area (Å²) in [7, 11) is 0. The monoisotopic (exact) mass is 309 g/mol. The van der Waals surface area contributed by atoms with E-state index in [4.69, 9.17) is 0 Å². The summed E-state index contributed by atoms with van der Waals surface area (Å²) in [6, 6.07) is 9.73. The van der Waals surface area contributed by atoms with Crippen LogP contribution in [0.1, 0.15) is 40.9 Å². The van der Waals surface area contributed by atoms with Crippen LogP contribution in [0.2, 0.25) is 0 Å². The van der Waals surface area contributed by atoms with Crippen molar-refractivity contribution in [1.82, 2.24) is 19.6 Å². The molecule has 2 aromatic heterocycles. The second kappa shape index (κ2) is 6.16. The van der Waals surface area contributed by atoms with Crippen LogP contribution in [-0.2, 0) is 6.42 Å². The molecule has 1 aromatic carbocycles. The fraction of sp³-hybridized carbons (Fsp3) is 0.294. The predicted octanol–water partition coefficient (Wildman–Crippen LogP) is 2.95. The molecule has 0 fully saturated rings. The molecule has 2 heterocycles. The maximum absolute atomic E-state index is 12.3. The van der Waals surface area contributed by atoms with Crippen LogP contribution in [0.15, 0.2) is 30.3 Å². The average Bonchev–Trinajstić information content (AvgIpc) is 2.94. The summed E-state index contributed by atoms with van der Waals surface area (Å²) in [6.07, 6.45) is 2.13. The maximum Gasteiger partial charge on any atom is 0.295 e. The van der Waals surface area contributed by atoms with E-state index in [-0.39, 0.29) is 11.7 Å². The Morgan fingerprint density at radius 2 is 1.91 bits per heavy atom. The number of carbonyl (C=O) groups excluding carboxylic acids is 1. The van der Waals surface area contributed by atoms with Crippen molar-refractivity contribution in [3.63, 3.8) is 0 Å². The lowest BCUT2D eigenvalue weighted by Gasteiger charge is -2.04. The number of rotatable bonds is 4. The number of hydrogen-bond donors (Lipinski definition) is 1. The fourth-order valence-corrected chi connectivity index (χ4v) is 2.49. The Labute approximate surface area is 134 Å². The normalized spacial score (nSPS) is 10.9. The van der Waals surface area contributed by atoms with E-state index in [9.17, 15) is 4.79 Å². The summed E-state index contributed by atoms with van der Waals surface area (Å²) in [5.41, 5.74) is 3.73. The molecule has 118 valence electrons. The summed E-state index contributed by atoms with van der Waals surface area (Å²) in [4.78, 5) is 20.8. The van der Waals surface area contributed by atoms with E-state index in [2.05, 4.69) is 27.3 Å². The Kier molecular flexibility index (Phi) is 4.06. The molecule has 0 aliphatic heterocycles. The van der Waals surface area contributed by atoms with Crippen LogP contribution in [0.4, 0.5) is 5.69 Å². The minimum Gasteiger partial charge on any atom is -0.319 e. The quantitative estimate of drug-likeness (QED) is 0.804. The van der Waals surface area contributed by atoms with Gasteiger partial charge in [-0.2, -0.15) is 4.98 Å². The van der Waals surface area contributed by atoms with Crippen molar-refractivity contribution in [3.8, 4) is 0 Å². The Hall–Kier alpha value is -2.76. The molecule has 0 saturated heterocycles. The van der Waals surface area contributed by atoms with Gasteiger partial charge in [0, 0.05) is 17.1 Å². The van der Waals surface area contributed by atoms with Crippen LogP contribution in [-0.4, -0.2) is 25.5 Å². The summed E-state index contributed by atoms with van der Waals surface area (Å²) in [5, 5.41) is 7.04. The third-order valence-electron chi connectivity index (χ3n) is 3.57. The van der Waals surface area contributed by atoms with Crippen LogP contribution >= 0.6 is 0 Å². The summed E-state index contributed by atoms with van der Waals surface area (Å²) in [6.45, 7) is 5.94. The molecule has 0 radical (unpaired) electrons. The molecule has 23 heavy (non-hydrogen) atoms. The molecule has 0 aliphatic carbocycles. The van der Waals surface area contributed by atoms with Crippen molar-refractivity contribution >= 4 is 17.4 Å². The standard InChI is InChI=1S/C17H19N5O/c1-4-5-13-6-8-14(9-7-13)19-16(23)15-20-17-18-11(2)10-12(3)22(17)21-15/h6-10H,4-5H2,1-3H3,(H,19,23). The number of aromatic nitrogens is 4. The number of anilines is 1. The number of carbonyl (C=O) groups is 1. The lowest BCUT2D eigenvalue weighted by Crippen LogP contribution is -2.14. The Balaban J connectivity index is 1.81. The van der Waals surface area contributed by atoms with Gasteiger partial charge in [0.15, 0.2) is 0 Å². The fourth-order valence-electron chi connectivity index (χ4n) is 2.49. The van der Waals surface area contributed by atoms with E-state index >= 15 is 0 Å². The minimum absolute atomic E-state index is 0.115. The smallest absolute Gasteiger partial charge is 0.295 e. The van der Waals surface area contributed by atoms with Gasteiger partial charge in [0.05, 0.1) is 0 Å². The van der Waals surface area contributed by atoms with Crippen LogP contribution in [0, 0.1) is 13.8 Å². The molecule has 6 nitrogen and oxygen atoms in total. The molecule has 1 amide bonds. The van der Waals surface area contributed by atoms with Crippen molar-refractivity contribution in [3.05, 3.63) is 53.1 Å². The van der Waals surface area contributed by atoms with Crippen LogP contribution < -0.4 is 5.32 Å². The highest BCUT2D eigenvalue weighted by Gasteiger charge is 2.15. The van der Waals surface area contributed by atoms with Gasteiger partial charge in [-0.1, -0.05) is 25.5 Å². The zero-order valence-electron chi connectivity index (χ0n) is 13.5. The number of amides is 1. The zero-order valence-corrected chi connectivity index (χ0v) is 13.5. The van der Waals surface area contributed by atoms with Crippen LogP contribution in [0.5, 0.6) is 0 Å². The van der Waals surface area contributed by atoms with Gasteiger partial charge < -0.3 is 5.32 Å². The molecule has 0 aliphatic rings. The predicted molar refractivity (Wildman–Crippen MR) is 88.6 cm³/mol. The second-order valence-corrected chi connectivity index (χ2v) is 5.59. The summed E-state index contributed by atoms with van der Waals surface area (Å²) >= 11 is 0. The SMILES string of the molecule is CCCc1ccc(NC(=O)c2nc3nc(C)cc(C)n3n2)cc1. The van der Waals surface area contributed by atoms with E-state index in [0.29, 0.717) is 5.78 Å². The topological polar surface area (TPSA) is 72.2 Å². The van der Waals surface area contributed by atoms with Gasteiger partial charge in [-0.05, 0) is 44.0 Å². The lowest BCUT2D eigenvalue weighted by molar-refractivity contribution is 0.101. The first kappa shape index (κ1) is 15.1. The largest absolute Gasteiger partial charge is 0.319 e. The number of aryl methyl sites for hydroxylation is 3. The molecular weight excluding hydrogens is 290 g/mol. The van der Waals surface area contributed by atoms with Crippen molar-refractivity contribution in [1.29, 1.82) is 0 Å². The van der Waals surface area contributed by atoms with Crippen molar-refractivity contribution in [2.24, 2.45) is 0 Å². The summed E-state index contributed by atoms with van der Waals surface area (Å²) in [5.74, 6) is 0.213. The molecule has 0 saturated carbocycles. The van der Waals surface area contributed by atoms with E-state index in [1.807, 2.05) is 44.2 Å². The molecule has 0 spiro atoms. The second-order valence-electron chi connectivity index (χ2n) is 5.59. The first-order valence-corrected chi connectivity index (χ1v) is 7.68. The van der Waals surface area contributed by atoms with Crippen LogP contribution in [0.3, 0.4) is 0 Å². The Morgan fingerprint density at radius 1 is 1.17 bits per heavy atom. The Bertz CT molecular complexity index is 851. The van der Waals surface area contributed by atoms with Gasteiger partial charge in [0.1, 0.15) is 0 Å². The van der Waals surface area contributed by atoms with Gasteiger partial charge in [0.25, 0.3) is 11.7 Å². The Morgan fingerprint density at radius 3 is 2.61 bits per heavy atom. The summed E-state index contributed by atoms with van der Waals surface area (Å²) < 4.78 is 1.58. The average molecular weight is 309 g/mol. The number of fused-ring (bicyclic) bond motifs is 1. The van der Waals surface area contributed by atoms with Crippen molar-refractivity contribution in [2.75, 3.05) is 5.32 Å². The first-order chi connectivity index (χ1) is 11.1. The van der Waals surface area contributed by atoms with Crippen LogP contribution in [0.25, 0.3) is 5.78 Å². The van der Waals surface area contributed by atoms with Gasteiger partial charge in [-0.3, -0.25) is 4.79 Å². The van der Waals surface area contributed by atoms with Gasteiger partial charge in [-0.15, -0.1) is 5.10 Å². The van der Waals surface area contributed by atoms with E-state index in [1.54, 1.807) is 4.52 Å². The molecule has 6 heteroatoms. The molecule has 0 unspecified atom stereocenters. The van der Waals surface area contributed by atoms with E-state index in [0.717, 1.165) is 29.9 Å². The van der Waals surface area contributed by atoms with E-state index < -0.39 is 0 Å². The van der Waals surface area contributed by atoms with Crippen molar-refractivity contribution < 1.29 is 4.79 Å². The first-order valence-electron chi connectivity index (χ1n) is 7.68. The zero-order chi connectivity index (χ0) is 16.4. The highest BCUT2D eigenvalue weighted by molar-refractivity contribution is 6.01. The third kappa shape index (κ3) is 3.21. The lowest BCUT2D eigenvalue weighted by atomic mass is 10.1. The van der Waals surface area contributed by atoms with Gasteiger partial charge in [-0.25, -0.2) is 9.50 Å². The third-order valence-corrected chi connectivity index (χ3v) is 3.57. The molecule has 1 N–H and O–H groups in total. The molecule has 0 bridgehead atoms. The molecule has 3 aromatic rings. The number of benzene rings is 1. The van der Waals surface area contributed by atoms with Crippen molar-refractivity contribution in [2.45, 2.75) is 33.6 Å². The molecule has 0 atom stereocenters. The van der Waals surface area contributed by atoms with Gasteiger partial charge >= 0.3 is 0 Å². The number of nitrogens with one attached hydrogen (secondary N) is 1. The van der Waals surface area contributed by atoms with Gasteiger partial charge in [0.2, 0.25) is 5.82 Å². The molecular formula is C17H19N5O. The minimum atomic E-state index is -0.337. The molecule has 3 rings (SSSR count). The highest BCUT2D eigenvalue weighted by atomic mass is 16.2. The number of nitrogens with zero attached hydrogens (tertiary/aromatic N) is 4. The maximum atomic E-state index is 12.3. The highest BCUT2D eigenvalue weighted by Crippen LogP contribution is 2.12.